The number of carbonyl (C=O) groups is 3. The van der Waals surface area contributed by atoms with Crippen LogP contribution in [0.3, 0.4) is 0 Å². The van der Waals surface area contributed by atoms with Crippen molar-refractivity contribution in [3.8, 4) is 11.8 Å². The topological polar surface area (TPSA) is 107 Å². The van der Waals surface area contributed by atoms with Gasteiger partial charge in [0.15, 0.2) is 5.78 Å². The molecule has 2 aliphatic heterocycles. The minimum atomic E-state index is -0.0495. The average Bonchev–Trinajstić information content (AvgIpc) is 3.54. The Morgan fingerprint density at radius 3 is 2.24 bits per heavy atom. The maximum absolute atomic E-state index is 13.2. The number of piperazine rings is 1. The van der Waals surface area contributed by atoms with Crippen molar-refractivity contribution in [1.82, 2.24) is 14.8 Å². The van der Waals surface area contributed by atoms with E-state index in [2.05, 4.69) is 11.0 Å². The molecule has 2 amide bonds. The van der Waals surface area contributed by atoms with Gasteiger partial charge in [-0.3, -0.25) is 14.4 Å². The summed E-state index contributed by atoms with van der Waals surface area (Å²) in [6, 6.07) is 16.6. The molecule has 0 atom stereocenters. The van der Waals surface area contributed by atoms with Gasteiger partial charge in [-0.1, -0.05) is 0 Å². The van der Waals surface area contributed by atoms with Gasteiger partial charge in [0.2, 0.25) is 5.91 Å². The third kappa shape index (κ3) is 6.74. The summed E-state index contributed by atoms with van der Waals surface area (Å²) >= 11 is 1.52. The SMILES string of the molecule is COc1ccc(C(=O)CCC(=O)N2CCC(c3nc(C(=O)N4CCN(c5ccc(C#N)cc5)CC4)cs3)CC2)cc1. The zero-order valence-electron chi connectivity index (χ0n) is 23.1. The van der Waals surface area contributed by atoms with Crippen LogP contribution in [0, 0.1) is 11.3 Å². The number of ether oxygens (including phenoxy) is 1. The van der Waals surface area contributed by atoms with Crippen molar-refractivity contribution in [2.75, 3.05) is 51.3 Å². The molecule has 0 aliphatic carbocycles. The van der Waals surface area contributed by atoms with Gasteiger partial charge in [0.1, 0.15) is 11.4 Å². The van der Waals surface area contributed by atoms with E-state index < -0.39 is 0 Å². The van der Waals surface area contributed by atoms with Crippen LogP contribution in [0.25, 0.3) is 0 Å². The van der Waals surface area contributed by atoms with Gasteiger partial charge in [0, 0.05) is 74.7 Å². The number of carbonyl (C=O) groups excluding carboxylic acids is 3. The summed E-state index contributed by atoms with van der Waals surface area (Å²) in [4.78, 5) is 49.0. The first-order valence-electron chi connectivity index (χ1n) is 13.9. The Balaban J connectivity index is 1.07. The Morgan fingerprint density at radius 2 is 1.61 bits per heavy atom. The standard InChI is InChI=1S/C31H33N5O4S/c1-40-26-8-4-23(5-9-26)28(37)10-11-29(38)35-14-12-24(13-15-35)30-33-27(21-41-30)31(39)36-18-16-34(17-19-36)25-6-2-22(20-32)3-7-25/h2-9,21,24H,10-19H2,1H3. The number of benzene rings is 2. The fraction of sp³-hybridized carbons (Fsp3) is 0.387. The monoisotopic (exact) mass is 571 g/mol. The van der Waals surface area contributed by atoms with Crippen molar-refractivity contribution in [2.45, 2.75) is 31.6 Å². The lowest BCUT2D eigenvalue weighted by Gasteiger charge is -2.35. The normalized spacial score (nSPS) is 15.9. The molecule has 0 spiro atoms. The molecule has 2 aromatic carbocycles. The van der Waals surface area contributed by atoms with E-state index in [1.54, 1.807) is 31.4 Å². The highest BCUT2D eigenvalue weighted by Crippen LogP contribution is 2.31. The molecular formula is C31H33N5O4S. The number of ketones is 1. The highest BCUT2D eigenvalue weighted by atomic mass is 32.1. The van der Waals surface area contributed by atoms with Crippen molar-refractivity contribution in [3.63, 3.8) is 0 Å². The zero-order valence-corrected chi connectivity index (χ0v) is 23.9. The summed E-state index contributed by atoms with van der Waals surface area (Å²) in [6.45, 7) is 3.95. The maximum Gasteiger partial charge on any atom is 0.273 e. The van der Waals surface area contributed by atoms with E-state index in [0.717, 1.165) is 36.6 Å². The van der Waals surface area contributed by atoms with Gasteiger partial charge in [-0.2, -0.15) is 5.26 Å². The third-order valence-electron chi connectivity index (χ3n) is 7.84. The van der Waals surface area contributed by atoms with Gasteiger partial charge < -0.3 is 19.4 Å². The number of piperidine rings is 1. The van der Waals surface area contributed by atoms with Crippen LogP contribution in [-0.2, 0) is 4.79 Å². The number of Topliss-reactive ketones (excluding diaryl/α,β-unsaturated/α-hetero) is 1. The quantitative estimate of drug-likeness (QED) is 0.370. The van der Waals surface area contributed by atoms with E-state index in [9.17, 15) is 14.4 Å². The number of rotatable bonds is 8. The van der Waals surface area contributed by atoms with Crippen LogP contribution in [0.2, 0.25) is 0 Å². The van der Waals surface area contributed by atoms with Gasteiger partial charge >= 0.3 is 0 Å². The number of aromatic nitrogens is 1. The van der Waals surface area contributed by atoms with Gasteiger partial charge in [-0.25, -0.2) is 4.98 Å². The van der Waals surface area contributed by atoms with Crippen LogP contribution in [0.1, 0.15) is 63.0 Å². The molecule has 2 saturated heterocycles. The number of hydrogen-bond donors (Lipinski definition) is 0. The fourth-order valence-electron chi connectivity index (χ4n) is 5.33. The summed E-state index contributed by atoms with van der Waals surface area (Å²) in [5.41, 5.74) is 2.77. The second-order valence-electron chi connectivity index (χ2n) is 10.3. The Morgan fingerprint density at radius 1 is 0.927 bits per heavy atom. The molecule has 5 rings (SSSR count). The van der Waals surface area contributed by atoms with Crippen LogP contribution >= 0.6 is 11.3 Å². The Hall–Kier alpha value is -4.23. The molecule has 1 aromatic heterocycles. The van der Waals surface area contributed by atoms with E-state index in [1.807, 2.05) is 39.4 Å². The fourth-order valence-corrected chi connectivity index (χ4v) is 6.29. The van der Waals surface area contributed by atoms with Crippen LogP contribution in [-0.4, -0.2) is 78.8 Å². The summed E-state index contributed by atoms with van der Waals surface area (Å²) in [6.07, 6.45) is 1.97. The molecule has 0 bridgehead atoms. The molecule has 3 aromatic rings. The summed E-state index contributed by atoms with van der Waals surface area (Å²) < 4.78 is 5.13. The van der Waals surface area contributed by atoms with E-state index in [1.165, 1.54) is 11.3 Å². The maximum atomic E-state index is 13.2. The Labute approximate surface area is 244 Å². The molecule has 0 unspecified atom stereocenters. The molecule has 9 nitrogen and oxygen atoms in total. The lowest BCUT2D eigenvalue weighted by atomic mass is 9.97. The second-order valence-corrected chi connectivity index (χ2v) is 11.2. The molecule has 212 valence electrons. The Bertz CT molecular complexity index is 1410. The second kappa shape index (κ2) is 13.0. The Kier molecular flexibility index (Phi) is 8.95. The van der Waals surface area contributed by atoms with Crippen molar-refractivity contribution in [1.29, 1.82) is 5.26 Å². The summed E-state index contributed by atoms with van der Waals surface area (Å²) in [5, 5.41) is 11.8. The number of anilines is 1. The number of likely N-dealkylation sites (tertiary alicyclic amines) is 1. The van der Waals surface area contributed by atoms with Gasteiger partial charge in [0.05, 0.1) is 23.8 Å². The van der Waals surface area contributed by atoms with Crippen molar-refractivity contribution in [2.24, 2.45) is 0 Å². The highest BCUT2D eigenvalue weighted by molar-refractivity contribution is 7.09. The minimum absolute atomic E-state index is 0.000432. The summed E-state index contributed by atoms with van der Waals surface area (Å²) in [5.74, 6) is 0.823. The van der Waals surface area contributed by atoms with Crippen molar-refractivity contribution < 1.29 is 19.1 Å². The lowest BCUT2D eigenvalue weighted by Crippen LogP contribution is -2.48. The molecule has 2 aliphatic rings. The first kappa shape index (κ1) is 28.3. The molecule has 10 heteroatoms. The van der Waals surface area contributed by atoms with Crippen LogP contribution in [0.15, 0.2) is 53.9 Å². The molecule has 0 radical (unpaired) electrons. The first-order valence-corrected chi connectivity index (χ1v) is 14.8. The predicted molar refractivity (Wildman–Crippen MR) is 157 cm³/mol. The van der Waals surface area contributed by atoms with Gasteiger partial charge in [-0.15, -0.1) is 11.3 Å². The average molecular weight is 572 g/mol. The largest absolute Gasteiger partial charge is 0.497 e. The van der Waals surface area contributed by atoms with E-state index in [0.29, 0.717) is 48.7 Å². The smallest absolute Gasteiger partial charge is 0.273 e. The van der Waals surface area contributed by atoms with Crippen LogP contribution in [0.4, 0.5) is 5.69 Å². The molecule has 41 heavy (non-hydrogen) atoms. The van der Waals surface area contributed by atoms with Crippen LogP contribution in [0.5, 0.6) is 5.75 Å². The molecular weight excluding hydrogens is 538 g/mol. The van der Waals surface area contributed by atoms with Gasteiger partial charge in [0.25, 0.3) is 5.91 Å². The van der Waals surface area contributed by atoms with Crippen molar-refractivity contribution >= 4 is 34.6 Å². The van der Waals surface area contributed by atoms with E-state index in [-0.39, 0.29) is 36.4 Å². The van der Waals surface area contributed by atoms with Gasteiger partial charge in [-0.05, 0) is 61.4 Å². The van der Waals surface area contributed by atoms with Crippen LogP contribution < -0.4 is 9.64 Å². The van der Waals surface area contributed by atoms with Crippen molar-refractivity contribution in [3.05, 3.63) is 75.7 Å². The molecule has 3 heterocycles. The lowest BCUT2D eigenvalue weighted by molar-refractivity contribution is -0.132. The summed E-state index contributed by atoms with van der Waals surface area (Å²) in [7, 11) is 1.58. The number of hydrogen-bond acceptors (Lipinski definition) is 8. The molecule has 2 fully saturated rings. The number of methoxy groups -OCH3 is 1. The third-order valence-corrected chi connectivity index (χ3v) is 8.85. The van der Waals surface area contributed by atoms with E-state index >= 15 is 0 Å². The molecule has 0 saturated carbocycles. The number of nitriles is 1. The zero-order chi connectivity index (χ0) is 28.8. The number of amides is 2. The van der Waals surface area contributed by atoms with E-state index in [4.69, 9.17) is 15.0 Å². The minimum Gasteiger partial charge on any atom is -0.497 e. The number of thiazole rings is 1. The first-order chi connectivity index (χ1) is 19.9. The highest BCUT2D eigenvalue weighted by Gasteiger charge is 2.28. The number of nitrogens with zero attached hydrogens (tertiary/aromatic N) is 5. The predicted octanol–water partition coefficient (Wildman–Crippen LogP) is 4.35. The molecule has 0 N–H and O–H groups in total.